The van der Waals surface area contributed by atoms with Crippen LogP contribution in [0.4, 0.5) is 0 Å². The van der Waals surface area contributed by atoms with Gasteiger partial charge in [0.15, 0.2) is 0 Å². The predicted octanol–water partition coefficient (Wildman–Crippen LogP) is 0.555. The molecule has 22 heavy (non-hydrogen) atoms. The second kappa shape index (κ2) is 5.67. The van der Waals surface area contributed by atoms with Crippen LogP contribution in [0.1, 0.15) is 28.6 Å². The first-order valence-electron chi connectivity index (χ1n) is 7.23. The number of nitrogens with zero attached hydrogens (tertiary/aromatic N) is 4. The Morgan fingerprint density at radius 2 is 2.23 bits per heavy atom. The molecule has 3 heterocycles. The Labute approximate surface area is 128 Å². The second-order valence-electron chi connectivity index (χ2n) is 5.49. The molecule has 0 saturated carbocycles. The molecule has 0 spiro atoms. The molecule has 0 aromatic carbocycles. The van der Waals surface area contributed by atoms with Crippen LogP contribution in [-0.2, 0) is 18.4 Å². The Morgan fingerprint density at radius 3 is 2.91 bits per heavy atom. The summed E-state index contributed by atoms with van der Waals surface area (Å²) in [6.07, 6.45) is 3.87. The third-order valence-electron chi connectivity index (χ3n) is 4.03. The standard InChI is InChI=1S/C15H19N5O2/c1-16-14(21)8-12-10-19(9-11-5-6-17-20(11)12)15(22)13-4-3-7-18(13)2/h3-7,12H,8-10H2,1-2H3,(H,16,21)/t12-/m1/s1. The third-order valence-corrected chi connectivity index (χ3v) is 4.03. The summed E-state index contributed by atoms with van der Waals surface area (Å²) in [5.74, 6) is -0.0820. The van der Waals surface area contributed by atoms with Crippen LogP contribution in [0.5, 0.6) is 0 Å². The molecule has 0 aliphatic carbocycles. The molecule has 2 aromatic rings. The van der Waals surface area contributed by atoms with Crippen molar-refractivity contribution in [2.75, 3.05) is 13.6 Å². The normalized spacial score (nSPS) is 17.2. The molecular weight excluding hydrogens is 282 g/mol. The molecule has 0 fully saturated rings. The van der Waals surface area contributed by atoms with Crippen molar-refractivity contribution in [1.82, 2.24) is 24.6 Å². The van der Waals surface area contributed by atoms with Crippen LogP contribution >= 0.6 is 0 Å². The maximum Gasteiger partial charge on any atom is 0.270 e. The fourth-order valence-electron chi connectivity index (χ4n) is 2.85. The fourth-order valence-corrected chi connectivity index (χ4v) is 2.85. The Bertz CT molecular complexity index is 702. The van der Waals surface area contributed by atoms with Crippen LogP contribution in [0, 0.1) is 0 Å². The summed E-state index contributed by atoms with van der Waals surface area (Å²) >= 11 is 0. The summed E-state index contributed by atoms with van der Waals surface area (Å²) in [7, 11) is 3.46. The van der Waals surface area contributed by atoms with Gasteiger partial charge in [-0.15, -0.1) is 0 Å². The number of fused-ring (bicyclic) bond motifs is 1. The van der Waals surface area contributed by atoms with Crippen LogP contribution in [0.3, 0.4) is 0 Å². The van der Waals surface area contributed by atoms with Crippen molar-refractivity contribution in [2.45, 2.75) is 19.0 Å². The van der Waals surface area contributed by atoms with Gasteiger partial charge in [0.2, 0.25) is 5.91 Å². The van der Waals surface area contributed by atoms with Gasteiger partial charge in [0.05, 0.1) is 24.7 Å². The van der Waals surface area contributed by atoms with E-state index in [-0.39, 0.29) is 17.9 Å². The maximum absolute atomic E-state index is 12.7. The van der Waals surface area contributed by atoms with Gasteiger partial charge in [0.25, 0.3) is 5.91 Å². The van der Waals surface area contributed by atoms with E-state index in [4.69, 9.17) is 0 Å². The number of hydrogen-bond acceptors (Lipinski definition) is 3. The average Bonchev–Trinajstić information content (AvgIpc) is 3.14. The highest BCUT2D eigenvalue weighted by molar-refractivity contribution is 5.92. The minimum atomic E-state index is -0.136. The number of amides is 2. The highest BCUT2D eigenvalue weighted by Gasteiger charge is 2.30. The first-order valence-corrected chi connectivity index (χ1v) is 7.23. The Hall–Kier alpha value is -2.57. The van der Waals surface area contributed by atoms with Gasteiger partial charge in [0, 0.05) is 33.0 Å². The summed E-state index contributed by atoms with van der Waals surface area (Å²) in [6, 6.07) is 5.41. The number of carbonyl (C=O) groups excluding carboxylic acids is 2. The highest BCUT2D eigenvalue weighted by atomic mass is 16.2. The topological polar surface area (TPSA) is 72.2 Å². The van der Waals surface area contributed by atoms with Gasteiger partial charge in [-0.1, -0.05) is 0 Å². The number of nitrogens with one attached hydrogen (secondary N) is 1. The van der Waals surface area contributed by atoms with Gasteiger partial charge in [-0.05, 0) is 18.2 Å². The lowest BCUT2D eigenvalue weighted by Crippen LogP contribution is -2.43. The van der Waals surface area contributed by atoms with E-state index >= 15 is 0 Å². The van der Waals surface area contributed by atoms with E-state index in [0.29, 0.717) is 25.2 Å². The SMILES string of the molecule is CNC(=O)C[C@@H]1CN(C(=O)c2cccn2C)Cc2ccnn21. The van der Waals surface area contributed by atoms with E-state index in [1.54, 1.807) is 18.1 Å². The van der Waals surface area contributed by atoms with Crippen molar-refractivity contribution >= 4 is 11.8 Å². The van der Waals surface area contributed by atoms with Crippen molar-refractivity contribution in [3.8, 4) is 0 Å². The smallest absolute Gasteiger partial charge is 0.270 e. The Kier molecular flexibility index (Phi) is 3.70. The van der Waals surface area contributed by atoms with E-state index in [1.807, 2.05) is 40.7 Å². The van der Waals surface area contributed by atoms with E-state index in [9.17, 15) is 9.59 Å². The molecule has 1 aliphatic heterocycles. The van der Waals surface area contributed by atoms with Gasteiger partial charge >= 0.3 is 0 Å². The average molecular weight is 301 g/mol. The highest BCUT2D eigenvalue weighted by Crippen LogP contribution is 2.24. The molecular formula is C15H19N5O2. The van der Waals surface area contributed by atoms with Crippen molar-refractivity contribution in [1.29, 1.82) is 0 Å². The van der Waals surface area contributed by atoms with Crippen molar-refractivity contribution in [2.24, 2.45) is 7.05 Å². The van der Waals surface area contributed by atoms with E-state index in [0.717, 1.165) is 5.69 Å². The zero-order valence-electron chi connectivity index (χ0n) is 12.7. The zero-order chi connectivity index (χ0) is 15.7. The lowest BCUT2D eigenvalue weighted by atomic mass is 10.1. The van der Waals surface area contributed by atoms with Crippen molar-refractivity contribution < 1.29 is 9.59 Å². The molecule has 1 aliphatic rings. The fraction of sp³-hybridized carbons (Fsp3) is 0.400. The predicted molar refractivity (Wildman–Crippen MR) is 80.1 cm³/mol. The number of aryl methyl sites for hydroxylation is 1. The minimum Gasteiger partial charge on any atom is -0.359 e. The van der Waals surface area contributed by atoms with Crippen LogP contribution in [-0.4, -0.2) is 44.7 Å². The largest absolute Gasteiger partial charge is 0.359 e. The van der Waals surface area contributed by atoms with Crippen LogP contribution in [0.15, 0.2) is 30.6 Å². The third kappa shape index (κ3) is 2.49. The lowest BCUT2D eigenvalue weighted by molar-refractivity contribution is -0.121. The molecule has 7 heteroatoms. The van der Waals surface area contributed by atoms with E-state index in [1.165, 1.54) is 0 Å². The van der Waals surface area contributed by atoms with Gasteiger partial charge in [-0.2, -0.15) is 5.10 Å². The van der Waals surface area contributed by atoms with Gasteiger partial charge < -0.3 is 14.8 Å². The summed E-state index contributed by atoms with van der Waals surface area (Å²) < 4.78 is 3.66. The maximum atomic E-state index is 12.7. The summed E-state index contributed by atoms with van der Waals surface area (Å²) in [5.41, 5.74) is 1.59. The number of carbonyl (C=O) groups is 2. The van der Waals surface area contributed by atoms with Crippen molar-refractivity contribution in [3.63, 3.8) is 0 Å². The molecule has 0 unspecified atom stereocenters. The molecule has 7 nitrogen and oxygen atoms in total. The molecule has 3 rings (SSSR count). The van der Waals surface area contributed by atoms with E-state index < -0.39 is 0 Å². The molecule has 1 atom stereocenters. The van der Waals surface area contributed by atoms with Gasteiger partial charge in [-0.3, -0.25) is 14.3 Å². The molecule has 0 saturated heterocycles. The van der Waals surface area contributed by atoms with E-state index in [2.05, 4.69) is 10.4 Å². The molecule has 2 aromatic heterocycles. The number of rotatable bonds is 3. The number of aromatic nitrogens is 3. The van der Waals surface area contributed by atoms with Gasteiger partial charge in [0.1, 0.15) is 5.69 Å². The monoisotopic (exact) mass is 301 g/mol. The van der Waals surface area contributed by atoms with Crippen LogP contribution < -0.4 is 5.32 Å². The quantitative estimate of drug-likeness (QED) is 0.900. The molecule has 0 bridgehead atoms. The summed E-state index contributed by atoms with van der Waals surface area (Å²) in [6.45, 7) is 0.986. The first kappa shape index (κ1) is 14.4. The summed E-state index contributed by atoms with van der Waals surface area (Å²) in [5, 5.41) is 6.92. The minimum absolute atomic E-state index is 0.0261. The summed E-state index contributed by atoms with van der Waals surface area (Å²) in [4.78, 5) is 26.2. The van der Waals surface area contributed by atoms with Gasteiger partial charge in [-0.25, -0.2) is 0 Å². The molecule has 1 N–H and O–H groups in total. The Balaban J connectivity index is 1.85. The van der Waals surface area contributed by atoms with Crippen LogP contribution in [0.2, 0.25) is 0 Å². The second-order valence-corrected chi connectivity index (χ2v) is 5.49. The molecule has 2 amide bonds. The number of hydrogen-bond donors (Lipinski definition) is 1. The van der Waals surface area contributed by atoms with Crippen molar-refractivity contribution in [3.05, 3.63) is 42.0 Å². The van der Waals surface area contributed by atoms with Crippen LogP contribution in [0.25, 0.3) is 0 Å². The molecule has 0 radical (unpaired) electrons. The Morgan fingerprint density at radius 1 is 1.41 bits per heavy atom. The first-order chi connectivity index (χ1) is 10.6. The molecule has 116 valence electrons. The zero-order valence-corrected chi connectivity index (χ0v) is 12.7. The lowest BCUT2D eigenvalue weighted by Gasteiger charge is -2.33.